The van der Waals surface area contributed by atoms with Crippen molar-refractivity contribution < 1.29 is 38.2 Å². The molecule has 2 saturated carbocycles. The number of rotatable bonds is 14. The lowest BCUT2D eigenvalue weighted by molar-refractivity contribution is -0.124. The first-order valence-electron chi connectivity index (χ1n) is 25.5. The third-order valence-corrected chi connectivity index (χ3v) is 17.8. The van der Waals surface area contributed by atoms with E-state index in [1.165, 1.54) is 32.5 Å². The number of benzene rings is 4. The zero-order chi connectivity index (χ0) is 52.1. The number of anilines is 2. The summed E-state index contributed by atoms with van der Waals surface area (Å²) in [6.45, 7) is 12.0. The number of amides is 4. The SMILES string of the molecule is C=CC1CC(/C=C\c2ccccc2)C2C(=O)N(c3ccc(OC(=O)c4cc(C5=C(c6cc(C(=O)Oc7ccc(N8C(=O)C9C(C=C)CC(/C=C/c%10ccccc%10)C9C8=O)cc7)sc6C)CCC5)c(C)s4)cc3)C(=O)C12. The van der Waals surface area contributed by atoms with Gasteiger partial charge in [-0.25, -0.2) is 9.59 Å². The molecular formula is C63H54N2O8S2. The van der Waals surface area contributed by atoms with Crippen molar-refractivity contribution >= 4 is 92.9 Å². The average molecular weight is 1030 g/mol. The summed E-state index contributed by atoms with van der Waals surface area (Å²) in [5.41, 5.74) is 7.09. The predicted molar refractivity (Wildman–Crippen MR) is 295 cm³/mol. The van der Waals surface area contributed by atoms with E-state index in [1.54, 1.807) is 60.7 Å². The second kappa shape index (κ2) is 20.5. The summed E-state index contributed by atoms with van der Waals surface area (Å²) in [6.07, 6.45) is 15.6. The van der Waals surface area contributed by atoms with Crippen LogP contribution in [0.15, 0.2) is 159 Å². The molecule has 2 saturated heterocycles. The van der Waals surface area contributed by atoms with E-state index < -0.39 is 35.6 Å². The third-order valence-electron chi connectivity index (χ3n) is 15.7. The van der Waals surface area contributed by atoms with Crippen LogP contribution in [0, 0.1) is 61.2 Å². The number of hydrogen-bond donors (Lipinski definition) is 0. The smallest absolute Gasteiger partial charge is 0.353 e. The molecule has 12 heteroatoms. The molecule has 0 radical (unpaired) electrons. The van der Waals surface area contributed by atoms with Crippen LogP contribution in [0.1, 0.15) is 83.5 Å². The number of nitrogens with zero attached hydrogens (tertiary/aromatic N) is 2. The fourth-order valence-electron chi connectivity index (χ4n) is 12.2. The molecule has 376 valence electrons. The minimum Gasteiger partial charge on any atom is -0.422 e. The summed E-state index contributed by atoms with van der Waals surface area (Å²) in [6, 6.07) is 36.5. The van der Waals surface area contributed by atoms with Gasteiger partial charge in [-0.3, -0.25) is 29.0 Å². The van der Waals surface area contributed by atoms with E-state index in [2.05, 4.69) is 13.2 Å². The maximum absolute atomic E-state index is 14.0. The Morgan fingerprint density at radius 1 is 0.520 bits per heavy atom. The summed E-state index contributed by atoms with van der Waals surface area (Å²) in [4.78, 5) is 88.3. The zero-order valence-corrected chi connectivity index (χ0v) is 43.2. The highest BCUT2D eigenvalue weighted by atomic mass is 32.1. The van der Waals surface area contributed by atoms with Gasteiger partial charge in [-0.1, -0.05) is 97.1 Å². The van der Waals surface area contributed by atoms with Crippen LogP contribution in [0.2, 0.25) is 0 Å². The molecule has 4 aromatic carbocycles. The Balaban J connectivity index is 0.739. The maximum atomic E-state index is 14.0. The number of thiophene rings is 2. The van der Waals surface area contributed by atoms with Crippen molar-refractivity contribution in [1.82, 2.24) is 0 Å². The number of carbonyl (C=O) groups excluding carboxylic acids is 6. The van der Waals surface area contributed by atoms with E-state index in [0.717, 1.165) is 62.4 Å². The molecule has 3 aliphatic carbocycles. The standard InChI is InChI=1S/C63H54N2O8S2/c1-5-40-32-42(22-20-38-14-9-7-10-15-38)56-54(40)58(66)64(60(56)68)44-24-28-46(29-25-44)72-62(70)52-34-50(36(3)74-52)48-18-13-19-49(48)51-35-53(75-37(51)4)63(71)73-47-30-26-45(27-31-47)65-59(67)55-41(6-2)33-43(57(55)61(65)69)23-21-39-16-11-8-12-17-39/h5-12,14-17,20-31,34-35,40-43,54-57H,1-2,13,18-19,32-33H2,3-4H3/b22-20-,23-21+. The number of ether oxygens (including phenoxy) is 2. The summed E-state index contributed by atoms with van der Waals surface area (Å²) in [5, 5.41) is 0. The molecule has 6 aromatic rings. The second-order valence-corrected chi connectivity index (χ2v) is 22.5. The molecule has 2 aromatic heterocycles. The van der Waals surface area contributed by atoms with Crippen LogP contribution in [0.3, 0.4) is 0 Å². The Morgan fingerprint density at radius 2 is 0.880 bits per heavy atom. The van der Waals surface area contributed by atoms with Gasteiger partial charge in [-0.2, -0.15) is 0 Å². The summed E-state index contributed by atoms with van der Waals surface area (Å²) < 4.78 is 11.7. The highest BCUT2D eigenvalue weighted by Gasteiger charge is 2.59. The molecule has 4 fully saturated rings. The molecular weight excluding hydrogens is 977 g/mol. The van der Waals surface area contributed by atoms with Crippen LogP contribution in [-0.2, 0) is 19.2 Å². The Hall–Kier alpha value is -7.80. The van der Waals surface area contributed by atoms with Crippen molar-refractivity contribution in [2.75, 3.05) is 9.80 Å². The highest BCUT2D eigenvalue weighted by Crippen LogP contribution is 2.52. The lowest BCUT2D eigenvalue weighted by Crippen LogP contribution is -2.33. The van der Waals surface area contributed by atoms with Crippen molar-refractivity contribution in [1.29, 1.82) is 0 Å². The average Bonchev–Trinajstić information content (AvgIpc) is 4.33. The molecule has 10 nitrogen and oxygen atoms in total. The highest BCUT2D eigenvalue weighted by molar-refractivity contribution is 7.14. The molecule has 8 atom stereocenters. The van der Waals surface area contributed by atoms with E-state index in [4.69, 9.17) is 9.47 Å². The number of carbonyl (C=O) groups is 6. The molecule has 0 spiro atoms. The third kappa shape index (κ3) is 9.20. The van der Waals surface area contributed by atoms with Gasteiger partial charge >= 0.3 is 11.9 Å². The fourth-order valence-corrected chi connectivity index (χ4v) is 14.0. The lowest BCUT2D eigenvalue weighted by atomic mass is 9.89. The number of esters is 2. The summed E-state index contributed by atoms with van der Waals surface area (Å²) in [7, 11) is 0. The lowest BCUT2D eigenvalue weighted by Gasteiger charge is -2.19. The number of allylic oxidation sites excluding steroid dienone is 6. The van der Waals surface area contributed by atoms with Crippen molar-refractivity contribution in [2.45, 2.75) is 46.0 Å². The largest absolute Gasteiger partial charge is 0.422 e. The molecule has 4 heterocycles. The summed E-state index contributed by atoms with van der Waals surface area (Å²) in [5.74, 6) is -3.78. The first kappa shape index (κ1) is 49.4. The predicted octanol–water partition coefficient (Wildman–Crippen LogP) is 13.2. The van der Waals surface area contributed by atoms with Crippen molar-refractivity contribution in [3.8, 4) is 11.5 Å². The molecule has 75 heavy (non-hydrogen) atoms. The first-order chi connectivity index (χ1) is 36.4. The Morgan fingerprint density at radius 3 is 1.24 bits per heavy atom. The van der Waals surface area contributed by atoms with Gasteiger partial charge in [0.05, 0.1) is 35.0 Å². The molecule has 4 amide bonds. The Kier molecular flexibility index (Phi) is 13.5. The van der Waals surface area contributed by atoms with E-state index in [9.17, 15) is 28.8 Å². The van der Waals surface area contributed by atoms with E-state index in [1.807, 2.05) is 111 Å². The molecule has 0 N–H and O–H groups in total. The van der Waals surface area contributed by atoms with E-state index in [0.29, 0.717) is 34.0 Å². The number of fused-ring (bicyclic) bond motifs is 2. The number of imide groups is 2. The van der Waals surface area contributed by atoms with E-state index in [-0.39, 0.29) is 58.8 Å². The minimum absolute atomic E-state index is 0.108. The van der Waals surface area contributed by atoms with Crippen LogP contribution in [-0.4, -0.2) is 35.6 Å². The van der Waals surface area contributed by atoms with Crippen molar-refractivity contribution in [3.63, 3.8) is 0 Å². The normalized spacial score (nSPS) is 24.2. The van der Waals surface area contributed by atoms with Gasteiger partial charge in [-0.05, 0) is 164 Å². The van der Waals surface area contributed by atoms with Gasteiger partial charge in [0.15, 0.2) is 0 Å². The van der Waals surface area contributed by atoms with Gasteiger partial charge in [0.25, 0.3) is 0 Å². The Bertz CT molecular complexity index is 3160. The maximum Gasteiger partial charge on any atom is 0.353 e. The zero-order valence-electron chi connectivity index (χ0n) is 41.6. The van der Waals surface area contributed by atoms with E-state index >= 15 is 0 Å². The monoisotopic (exact) mass is 1030 g/mol. The van der Waals surface area contributed by atoms with Crippen LogP contribution in [0.25, 0.3) is 23.3 Å². The molecule has 0 bridgehead atoms. The van der Waals surface area contributed by atoms with Crippen LogP contribution < -0.4 is 19.3 Å². The number of aryl methyl sites for hydroxylation is 2. The van der Waals surface area contributed by atoms with Gasteiger partial charge in [0, 0.05) is 9.75 Å². The van der Waals surface area contributed by atoms with Crippen molar-refractivity contribution in [2.24, 2.45) is 47.3 Å². The quantitative estimate of drug-likeness (QED) is 0.0457. The second-order valence-electron chi connectivity index (χ2n) is 20.0. The fraction of sp³-hybridized carbons (Fsp3) is 0.238. The molecule has 2 aliphatic heterocycles. The number of hydrogen-bond acceptors (Lipinski definition) is 10. The molecule has 5 aliphatic rings. The van der Waals surface area contributed by atoms with Gasteiger partial charge in [0.1, 0.15) is 21.3 Å². The van der Waals surface area contributed by atoms with Crippen LogP contribution in [0.4, 0.5) is 11.4 Å². The molecule has 8 unspecified atom stereocenters. The van der Waals surface area contributed by atoms with Gasteiger partial charge in [-0.15, -0.1) is 35.8 Å². The van der Waals surface area contributed by atoms with Crippen LogP contribution >= 0.6 is 22.7 Å². The topological polar surface area (TPSA) is 127 Å². The van der Waals surface area contributed by atoms with Gasteiger partial charge in [0.2, 0.25) is 23.6 Å². The minimum atomic E-state index is -0.514. The van der Waals surface area contributed by atoms with Gasteiger partial charge < -0.3 is 9.47 Å². The van der Waals surface area contributed by atoms with Crippen LogP contribution in [0.5, 0.6) is 11.5 Å². The first-order valence-corrected chi connectivity index (χ1v) is 27.1. The summed E-state index contributed by atoms with van der Waals surface area (Å²) >= 11 is 2.71. The van der Waals surface area contributed by atoms with Crippen molar-refractivity contribution in [3.05, 3.63) is 201 Å². The Labute approximate surface area is 444 Å². The molecule has 11 rings (SSSR count).